The van der Waals surface area contributed by atoms with Crippen LogP contribution in [0.15, 0.2) is 22.6 Å². The average Bonchev–Trinajstić information content (AvgIpc) is 2.96. The Hall–Kier alpha value is -1.84. The van der Waals surface area contributed by atoms with Crippen molar-refractivity contribution < 1.29 is 9.21 Å². The molecule has 1 aromatic carbocycles. The van der Waals surface area contributed by atoms with Gasteiger partial charge in [-0.1, -0.05) is 0 Å². The average molecular weight is 216 g/mol. The van der Waals surface area contributed by atoms with Crippen LogP contribution < -0.4 is 5.32 Å². The summed E-state index contributed by atoms with van der Waals surface area (Å²) in [6.07, 6.45) is 2.19. The molecule has 3 rings (SSSR count). The molecule has 0 aliphatic heterocycles. The fourth-order valence-corrected chi connectivity index (χ4v) is 1.68. The minimum atomic E-state index is -0.0292. The lowest BCUT2D eigenvalue weighted by Gasteiger charge is -2.01. The Morgan fingerprint density at radius 3 is 3.06 bits per heavy atom. The number of fused-ring (bicyclic) bond motifs is 1. The van der Waals surface area contributed by atoms with E-state index in [1.807, 2.05) is 6.07 Å². The number of hydrogen-bond acceptors (Lipinski definition) is 3. The van der Waals surface area contributed by atoms with E-state index in [9.17, 15) is 4.79 Å². The van der Waals surface area contributed by atoms with Crippen LogP contribution in [0.4, 0.5) is 0 Å². The van der Waals surface area contributed by atoms with Crippen LogP contribution >= 0.6 is 0 Å². The maximum atomic E-state index is 11.8. The Morgan fingerprint density at radius 1 is 1.50 bits per heavy atom. The van der Waals surface area contributed by atoms with Crippen LogP contribution in [0, 0.1) is 6.92 Å². The topological polar surface area (TPSA) is 55.1 Å². The highest BCUT2D eigenvalue weighted by molar-refractivity contribution is 5.97. The predicted molar refractivity (Wildman–Crippen MR) is 59.2 cm³/mol. The highest BCUT2D eigenvalue weighted by Gasteiger charge is 2.23. The van der Waals surface area contributed by atoms with E-state index >= 15 is 0 Å². The summed E-state index contributed by atoms with van der Waals surface area (Å²) >= 11 is 0. The lowest BCUT2D eigenvalue weighted by Crippen LogP contribution is -2.25. The smallest absolute Gasteiger partial charge is 0.251 e. The molecule has 0 atom stereocenters. The van der Waals surface area contributed by atoms with Crippen molar-refractivity contribution in [1.82, 2.24) is 10.3 Å². The molecule has 0 radical (unpaired) electrons. The first-order valence-electron chi connectivity index (χ1n) is 5.40. The summed E-state index contributed by atoms with van der Waals surface area (Å²) in [6.45, 7) is 1.80. The van der Waals surface area contributed by atoms with E-state index in [2.05, 4.69) is 10.3 Å². The molecule has 4 heteroatoms. The van der Waals surface area contributed by atoms with Gasteiger partial charge in [-0.25, -0.2) is 4.98 Å². The zero-order valence-electron chi connectivity index (χ0n) is 8.99. The van der Waals surface area contributed by atoms with Crippen LogP contribution in [0.3, 0.4) is 0 Å². The summed E-state index contributed by atoms with van der Waals surface area (Å²) in [4.78, 5) is 16.0. The van der Waals surface area contributed by atoms with E-state index in [1.54, 1.807) is 19.1 Å². The third-order valence-corrected chi connectivity index (χ3v) is 2.67. The zero-order chi connectivity index (χ0) is 11.1. The number of carbonyl (C=O) groups is 1. The van der Waals surface area contributed by atoms with Crippen molar-refractivity contribution in [2.75, 3.05) is 0 Å². The molecule has 1 amide bonds. The van der Waals surface area contributed by atoms with Crippen molar-refractivity contribution in [2.24, 2.45) is 0 Å². The minimum absolute atomic E-state index is 0.0292. The van der Waals surface area contributed by atoms with Gasteiger partial charge in [0.05, 0.1) is 0 Å². The van der Waals surface area contributed by atoms with E-state index < -0.39 is 0 Å². The van der Waals surface area contributed by atoms with Gasteiger partial charge in [0.25, 0.3) is 5.91 Å². The molecule has 1 aliphatic rings. The number of aryl methyl sites for hydroxylation is 1. The normalized spacial score (nSPS) is 15.3. The lowest BCUT2D eigenvalue weighted by molar-refractivity contribution is 0.0951. The Bertz CT molecular complexity index is 555. The van der Waals surface area contributed by atoms with E-state index in [0.29, 0.717) is 23.1 Å². The second kappa shape index (κ2) is 3.33. The number of oxazole rings is 1. The van der Waals surface area contributed by atoms with Crippen LogP contribution in [0.2, 0.25) is 0 Å². The van der Waals surface area contributed by atoms with Crippen molar-refractivity contribution in [1.29, 1.82) is 0 Å². The second-order valence-corrected chi connectivity index (χ2v) is 4.16. The molecule has 0 saturated heterocycles. The number of rotatable bonds is 2. The number of nitrogens with one attached hydrogen (secondary N) is 1. The van der Waals surface area contributed by atoms with Gasteiger partial charge in [-0.3, -0.25) is 4.79 Å². The Balaban J connectivity index is 1.93. The highest BCUT2D eigenvalue weighted by Crippen LogP contribution is 2.21. The molecule has 1 heterocycles. The fraction of sp³-hybridized carbons (Fsp3) is 0.333. The van der Waals surface area contributed by atoms with E-state index in [1.165, 1.54) is 0 Å². The molecule has 1 saturated carbocycles. The molecule has 16 heavy (non-hydrogen) atoms. The zero-order valence-corrected chi connectivity index (χ0v) is 8.99. The molecular weight excluding hydrogens is 204 g/mol. The summed E-state index contributed by atoms with van der Waals surface area (Å²) in [5.41, 5.74) is 2.09. The summed E-state index contributed by atoms with van der Waals surface area (Å²) < 4.78 is 5.39. The first-order valence-corrected chi connectivity index (χ1v) is 5.40. The third kappa shape index (κ3) is 1.66. The molecule has 0 spiro atoms. The third-order valence-electron chi connectivity index (χ3n) is 2.67. The number of hydrogen-bond donors (Lipinski definition) is 1. The quantitative estimate of drug-likeness (QED) is 0.835. The van der Waals surface area contributed by atoms with Crippen LogP contribution in [-0.2, 0) is 0 Å². The van der Waals surface area contributed by atoms with Gasteiger partial charge in [-0.15, -0.1) is 0 Å². The lowest BCUT2D eigenvalue weighted by atomic mass is 10.2. The molecule has 1 fully saturated rings. The van der Waals surface area contributed by atoms with Gasteiger partial charge in [0, 0.05) is 18.5 Å². The van der Waals surface area contributed by atoms with E-state index in [-0.39, 0.29) is 5.91 Å². The molecule has 1 aliphatic carbocycles. The fourth-order valence-electron chi connectivity index (χ4n) is 1.68. The molecule has 4 nitrogen and oxygen atoms in total. The second-order valence-electron chi connectivity index (χ2n) is 4.16. The summed E-state index contributed by atoms with van der Waals surface area (Å²) in [5.74, 6) is 0.591. The van der Waals surface area contributed by atoms with Crippen LogP contribution in [0.1, 0.15) is 29.1 Å². The first kappa shape index (κ1) is 9.39. The van der Waals surface area contributed by atoms with Crippen molar-refractivity contribution in [3.63, 3.8) is 0 Å². The number of aromatic nitrogens is 1. The number of carbonyl (C=O) groups excluding carboxylic acids is 1. The van der Waals surface area contributed by atoms with Gasteiger partial charge in [0.2, 0.25) is 0 Å². The van der Waals surface area contributed by atoms with Gasteiger partial charge in [-0.05, 0) is 31.0 Å². The van der Waals surface area contributed by atoms with Gasteiger partial charge in [0.1, 0.15) is 5.52 Å². The minimum Gasteiger partial charge on any atom is -0.441 e. The Morgan fingerprint density at radius 2 is 2.31 bits per heavy atom. The van der Waals surface area contributed by atoms with E-state index in [4.69, 9.17) is 4.42 Å². The summed E-state index contributed by atoms with van der Waals surface area (Å²) in [6, 6.07) is 5.71. The molecule has 0 bridgehead atoms. The molecule has 0 unspecified atom stereocenters. The van der Waals surface area contributed by atoms with Crippen molar-refractivity contribution in [2.45, 2.75) is 25.8 Å². The molecule has 1 aromatic heterocycles. The van der Waals surface area contributed by atoms with Gasteiger partial charge in [0.15, 0.2) is 11.5 Å². The molecule has 1 N–H and O–H groups in total. The molecule has 82 valence electrons. The monoisotopic (exact) mass is 216 g/mol. The summed E-state index contributed by atoms with van der Waals surface area (Å²) in [5, 5.41) is 2.94. The van der Waals surface area contributed by atoms with Crippen LogP contribution in [0.25, 0.3) is 11.1 Å². The van der Waals surface area contributed by atoms with Crippen LogP contribution in [-0.4, -0.2) is 16.9 Å². The van der Waals surface area contributed by atoms with Crippen molar-refractivity contribution in [3.05, 3.63) is 29.7 Å². The van der Waals surface area contributed by atoms with Gasteiger partial charge in [-0.2, -0.15) is 0 Å². The highest BCUT2D eigenvalue weighted by atomic mass is 16.3. The number of nitrogens with zero attached hydrogens (tertiary/aromatic N) is 1. The molecular formula is C12H12N2O2. The van der Waals surface area contributed by atoms with Crippen LogP contribution in [0.5, 0.6) is 0 Å². The van der Waals surface area contributed by atoms with Crippen molar-refractivity contribution in [3.8, 4) is 0 Å². The Labute approximate surface area is 92.7 Å². The van der Waals surface area contributed by atoms with Gasteiger partial charge >= 0.3 is 0 Å². The molecule has 2 aromatic rings. The van der Waals surface area contributed by atoms with Gasteiger partial charge < -0.3 is 9.73 Å². The Kier molecular flexibility index (Phi) is 1.96. The van der Waals surface area contributed by atoms with E-state index in [0.717, 1.165) is 18.4 Å². The maximum absolute atomic E-state index is 11.8. The standard InChI is InChI=1S/C12H12N2O2/c1-7-13-10-5-2-8(6-11(10)16-7)12(15)14-9-3-4-9/h2,5-6,9H,3-4H2,1H3,(H,14,15). The van der Waals surface area contributed by atoms with Crippen molar-refractivity contribution >= 4 is 17.0 Å². The maximum Gasteiger partial charge on any atom is 0.251 e. The first-order chi connectivity index (χ1) is 7.72. The number of benzene rings is 1. The SMILES string of the molecule is Cc1nc2ccc(C(=O)NC3CC3)cc2o1. The predicted octanol–water partition coefficient (Wildman–Crippen LogP) is 2.03. The largest absolute Gasteiger partial charge is 0.441 e. The summed E-state index contributed by atoms with van der Waals surface area (Å²) in [7, 11) is 0. The number of amides is 1.